The van der Waals surface area contributed by atoms with Gasteiger partial charge in [-0.1, -0.05) is 29.3 Å². The fourth-order valence-electron chi connectivity index (χ4n) is 2.70. The van der Waals surface area contributed by atoms with Crippen molar-refractivity contribution in [2.45, 2.75) is 32.2 Å². The minimum absolute atomic E-state index is 0.226. The molecule has 1 saturated heterocycles. The van der Waals surface area contributed by atoms with Gasteiger partial charge in [-0.25, -0.2) is 4.79 Å². The van der Waals surface area contributed by atoms with E-state index < -0.39 is 12.0 Å². The molecule has 2 unspecified atom stereocenters. The predicted octanol–water partition coefficient (Wildman–Crippen LogP) is 3.93. The van der Waals surface area contributed by atoms with Gasteiger partial charge in [-0.2, -0.15) is 0 Å². The summed E-state index contributed by atoms with van der Waals surface area (Å²) in [4.78, 5) is 25.6. The molecular formula is C15H17Br2NO3. The van der Waals surface area contributed by atoms with Gasteiger partial charge in [0.15, 0.2) is 0 Å². The molecule has 0 saturated carbocycles. The molecule has 1 aromatic carbocycles. The molecule has 0 aliphatic carbocycles. The third kappa shape index (κ3) is 3.66. The second-order valence-electron chi connectivity index (χ2n) is 5.28. The maximum Gasteiger partial charge on any atom is 0.326 e. The number of piperidine rings is 1. The highest BCUT2D eigenvalue weighted by molar-refractivity contribution is 9.11. The average molecular weight is 419 g/mol. The second-order valence-corrected chi connectivity index (χ2v) is 7.05. The first-order valence-electron chi connectivity index (χ1n) is 6.92. The quantitative estimate of drug-likeness (QED) is 0.808. The van der Waals surface area contributed by atoms with E-state index in [-0.39, 0.29) is 5.91 Å². The van der Waals surface area contributed by atoms with Crippen molar-refractivity contribution < 1.29 is 14.7 Å². The predicted molar refractivity (Wildman–Crippen MR) is 87.3 cm³/mol. The number of benzene rings is 1. The lowest BCUT2D eigenvalue weighted by Gasteiger charge is -2.37. The van der Waals surface area contributed by atoms with Gasteiger partial charge in [0, 0.05) is 15.5 Å². The van der Waals surface area contributed by atoms with E-state index in [9.17, 15) is 14.7 Å². The number of nitrogens with zero attached hydrogens (tertiary/aromatic N) is 1. The number of carbonyl (C=O) groups excluding carboxylic acids is 1. The Balaban J connectivity index is 2.26. The van der Waals surface area contributed by atoms with Crippen molar-refractivity contribution in [3.63, 3.8) is 0 Å². The molecule has 2 atom stereocenters. The van der Waals surface area contributed by atoms with Gasteiger partial charge in [0.05, 0.1) is 5.56 Å². The van der Waals surface area contributed by atoms with E-state index in [0.717, 1.165) is 17.3 Å². The zero-order valence-corrected chi connectivity index (χ0v) is 14.9. The van der Waals surface area contributed by atoms with Crippen molar-refractivity contribution in [3.8, 4) is 0 Å². The summed E-state index contributed by atoms with van der Waals surface area (Å²) in [6, 6.07) is 4.56. The fourth-order valence-corrected chi connectivity index (χ4v) is 3.92. The first kappa shape index (κ1) is 16.5. The molecule has 0 radical (unpaired) electrons. The number of carbonyl (C=O) groups is 2. The highest BCUT2D eigenvalue weighted by Crippen LogP contribution is 2.29. The Morgan fingerprint density at radius 2 is 2.10 bits per heavy atom. The smallest absolute Gasteiger partial charge is 0.326 e. The lowest BCUT2D eigenvalue weighted by molar-refractivity contribution is -0.144. The van der Waals surface area contributed by atoms with E-state index in [1.807, 2.05) is 0 Å². The molecule has 2 rings (SSSR count). The molecule has 1 heterocycles. The number of aliphatic carboxylic acids is 1. The first-order valence-corrected chi connectivity index (χ1v) is 8.51. The van der Waals surface area contributed by atoms with Gasteiger partial charge in [0.2, 0.25) is 0 Å². The third-order valence-electron chi connectivity index (χ3n) is 4.00. The van der Waals surface area contributed by atoms with Crippen LogP contribution in [0.25, 0.3) is 0 Å². The van der Waals surface area contributed by atoms with Crippen LogP contribution in [0.2, 0.25) is 0 Å². The molecule has 6 heteroatoms. The van der Waals surface area contributed by atoms with Gasteiger partial charge in [-0.15, -0.1) is 0 Å². The van der Waals surface area contributed by atoms with Gasteiger partial charge in [-0.3, -0.25) is 4.79 Å². The second kappa shape index (κ2) is 6.92. The Morgan fingerprint density at radius 1 is 1.38 bits per heavy atom. The molecule has 0 aromatic heterocycles. The van der Waals surface area contributed by atoms with Crippen molar-refractivity contribution in [3.05, 3.63) is 32.7 Å². The largest absolute Gasteiger partial charge is 0.480 e. The summed E-state index contributed by atoms with van der Waals surface area (Å²) >= 11 is 6.72. The summed E-state index contributed by atoms with van der Waals surface area (Å²) in [6.07, 6.45) is 2.35. The minimum atomic E-state index is -0.922. The number of carboxylic acids is 1. The van der Waals surface area contributed by atoms with Crippen LogP contribution in [0, 0.1) is 5.92 Å². The summed E-state index contributed by atoms with van der Waals surface area (Å²) in [7, 11) is 0. The van der Waals surface area contributed by atoms with Crippen LogP contribution in [0.15, 0.2) is 27.1 Å². The van der Waals surface area contributed by atoms with Gasteiger partial charge in [-0.05, 0) is 52.9 Å². The lowest BCUT2D eigenvalue weighted by Crippen LogP contribution is -2.50. The maximum absolute atomic E-state index is 12.7. The van der Waals surface area contributed by atoms with Crippen LogP contribution in [0.1, 0.15) is 36.5 Å². The number of halogens is 2. The van der Waals surface area contributed by atoms with Crippen LogP contribution in [0.4, 0.5) is 0 Å². The van der Waals surface area contributed by atoms with Gasteiger partial charge < -0.3 is 10.0 Å². The van der Waals surface area contributed by atoms with Crippen molar-refractivity contribution in [2.75, 3.05) is 6.54 Å². The first-order chi connectivity index (χ1) is 9.93. The normalized spacial score (nSPS) is 22.1. The molecule has 1 aliphatic heterocycles. The molecule has 1 fully saturated rings. The summed E-state index contributed by atoms with van der Waals surface area (Å²) in [5.41, 5.74) is 0.499. The highest BCUT2D eigenvalue weighted by Gasteiger charge is 2.36. The minimum Gasteiger partial charge on any atom is -0.480 e. The van der Waals surface area contributed by atoms with Crippen molar-refractivity contribution in [1.82, 2.24) is 4.90 Å². The number of likely N-dealkylation sites (tertiary alicyclic amines) is 1. The number of carboxylic acid groups (broad SMARTS) is 1. The lowest BCUT2D eigenvalue weighted by atomic mass is 9.88. The zero-order valence-electron chi connectivity index (χ0n) is 11.7. The van der Waals surface area contributed by atoms with E-state index in [1.54, 1.807) is 18.2 Å². The number of rotatable bonds is 3. The van der Waals surface area contributed by atoms with E-state index in [2.05, 4.69) is 38.8 Å². The van der Waals surface area contributed by atoms with Gasteiger partial charge in [0.25, 0.3) is 5.91 Å². The Kier molecular flexibility index (Phi) is 5.43. The van der Waals surface area contributed by atoms with E-state index in [0.29, 0.717) is 28.9 Å². The molecule has 1 amide bonds. The van der Waals surface area contributed by atoms with Crippen molar-refractivity contribution in [1.29, 1.82) is 0 Å². The van der Waals surface area contributed by atoms with E-state index in [4.69, 9.17) is 0 Å². The Morgan fingerprint density at radius 3 is 2.67 bits per heavy atom. The van der Waals surface area contributed by atoms with Gasteiger partial charge in [0.1, 0.15) is 6.04 Å². The highest BCUT2D eigenvalue weighted by atomic mass is 79.9. The van der Waals surface area contributed by atoms with Crippen LogP contribution in [0.3, 0.4) is 0 Å². The number of amides is 1. The van der Waals surface area contributed by atoms with Crippen molar-refractivity contribution in [2.24, 2.45) is 5.92 Å². The summed E-state index contributed by atoms with van der Waals surface area (Å²) in [5.74, 6) is -0.769. The summed E-state index contributed by atoms with van der Waals surface area (Å²) < 4.78 is 1.54. The molecule has 4 nitrogen and oxygen atoms in total. The molecule has 114 valence electrons. The SMILES string of the molecule is CCC1CCN(C(=O)c2ccc(Br)cc2Br)C(C(=O)O)C1. The molecule has 1 N–H and O–H groups in total. The van der Waals surface area contributed by atoms with Crippen LogP contribution < -0.4 is 0 Å². The van der Waals surface area contributed by atoms with Crippen LogP contribution >= 0.6 is 31.9 Å². The van der Waals surface area contributed by atoms with E-state index >= 15 is 0 Å². The van der Waals surface area contributed by atoms with E-state index in [1.165, 1.54) is 4.90 Å². The average Bonchev–Trinajstić information content (AvgIpc) is 2.46. The van der Waals surface area contributed by atoms with Crippen LogP contribution in [-0.4, -0.2) is 34.5 Å². The molecule has 21 heavy (non-hydrogen) atoms. The monoisotopic (exact) mass is 417 g/mol. The third-order valence-corrected chi connectivity index (χ3v) is 5.15. The van der Waals surface area contributed by atoms with Crippen LogP contribution in [0.5, 0.6) is 0 Å². The summed E-state index contributed by atoms with van der Waals surface area (Å²) in [6.45, 7) is 2.56. The topological polar surface area (TPSA) is 57.6 Å². The molecule has 1 aromatic rings. The van der Waals surface area contributed by atoms with Gasteiger partial charge >= 0.3 is 5.97 Å². The zero-order chi connectivity index (χ0) is 15.6. The standard InChI is InChI=1S/C15H17Br2NO3/c1-2-9-5-6-18(13(7-9)15(20)21)14(19)11-4-3-10(16)8-12(11)17/h3-4,8-9,13H,2,5-7H2,1H3,(H,20,21). The Bertz CT molecular complexity index is 562. The van der Waals surface area contributed by atoms with Crippen molar-refractivity contribution >= 4 is 43.7 Å². The molecule has 0 spiro atoms. The Labute approximate surface area is 140 Å². The number of hydrogen-bond donors (Lipinski definition) is 1. The Hall–Kier alpha value is -0.880. The molecule has 0 bridgehead atoms. The summed E-state index contributed by atoms with van der Waals surface area (Å²) in [5, 5.41) is 9.42. The molecule has 1 aliphatic rings. The number of hydrogen-bond acceptors (Lipinski definition) is 2. The van der Waals surface area contributed by atoms with Crippen LogP contribution in [-0.2, 0) is 4.79 Å². The molecular weight excluding hydrogens is 402 g/mol. The fraction of sp³-hybridized carbons (Fsp3) is 0.467. The maximum atomic E-state index is 12.7.